The van der Waals surface area contributed by atoms with Gasteiger partial charge in [-0.3, -0.25) is 9.59 Å². The maximum atomic E-state index is 13.1. The summed E-state index contributed by atoms with van der Waals surface area (Å²) in [4.78, 5) is 41.3. The summed E-state index contributed by atoms with van der Waals surface area (Å²) in [5.74, 6) is 0.884. The molecule has 1 amide bonds. The highest BCUT2D eigenvalue weighted by Crippen LogP contribution is 2.32. The van der Waals surface area contributed by atoms with E-state index in [0.717, 1.165) is 10.1 Å². The van der Waals surface area contributed by atoms with E-state index < -0.39 is 17.2 Å². The van der Waals surface area contributed by atoms with E-state index in [4.69, 9.17) is 9.47 Å². The first-order chi connectivity index (χ1) is 15.0. The number of H-pyrrole nitrogens is 1. The largest absolute Gasteiger partial charge is 0.454 e. The van der Waals surface area contributed by atoms with E-state index in [1.165, 1.54) is 6.20 Å². The molecule has 0 atom stereocenters. The van der Waals surface area contributed by atoms with Crippen LogP contribution < -0.4 is 26.0 Å². The van der Waals surface area contributed by atoms with Crippen LogP contribution in [0.5, 0.6) is 11.5 Å². The summed E-state index contributed by atoms with van der Waals surface area (Å²) in [5.41, 5.74) is 0.822. The number of para-hydroxylation sites is 1. The third kappa shape index (κ3) is 3.16. The van der Waals surface area contributed by atoms with Crippen molar-refractivity contribution in [1.82, 2.24) is 19.4 Å². The lowest BCUT2D eigenvalue weighted by atomic mass is 10.2. The minimum atomic E-state index is -0.611. The standard InChI is InChI=1S/C22H18N4O5/c1-25-11-15(20(27)23-10-13-7-8-16-17(9-13)31-12-30-16)18-19(25)21(28)26(22(29)24-18)14-5-3-2-4-6-14/h2-9,11H,10,12H2,1H3,(H,23,27)(H,24,29). The number of carbonyl (C=O) groups excluding carboxylic acids is 1. The fraction of sp³-hybridized carbons (Fsp3) is 0.136. The summed E-state index contributed by atoms with van der Waals surface area (Å²) in [7, 11) is 1.66. The maximum absolute atomic E-state index is 13.1. The number of aromatic nitrogens is 3. The van der Waals surface area contributed by atoms with Crippen LogP contribution in [0.1, 0.15) is 15.9 Å². The molecule has 2 N–H and O–H groups in total. The molecule has 0 unspecified atom stereocenters. The van der Waals surface area contributed by atoms with E-state index in [2.05, 4.69) is 10.3 Å². The van der Waals surface area contributed by atoms with Crippen molar-refractivity contribution in [1.29, 1.82) is 0 Å². The van der Waals surface area contributed by atoms with Crippen molar-refractivity contribution < 1.29 is 14.3 Å². The molecule has 2 aromatic heterocycles. The number of aromatic amines is 1. The average Bonchev–Trinajstić information content (AvgIpc) is 3.36. The van der Waals surface area contributed by atoms with Crippen LogP contribution in [0, 0.1) is 0 Å². The summed E-state index contributed by atoms with van der Waals surface area (Å²) < 4.78 is 13.2. The molecule has 0 bridgehead atoms. The number of hydrogen-bond acceptors (Lipinski definition) is 5. The molecule has 2 aromatic carbocycles. The van der Waals surface area contributed by atoms with E-state index in [-0.39, 0.29) is 29.9 Å². The second kappa shape index (κ2) is 7.21. The molecule has 9 nitrogen and oxygen atoms in total. The molecule has 1 aliphatic heterocycles. The lowest BCUT2D eigenvalue weighted by molar-refractivity contribution is 0.0952. The molecule has 4 aromatic rings. The van der Waals surface area contributed by atoms with Crippen LogP contribution in [0.15, 0.2) is 64.3 Å². The molecule has 9 heteroatoms. The van der Waals surface area contributed by atoms with Crippen LogP contribution in [-0.4, -0.2) is 26.8 Å². The predicted octanol–water partition coefficient (Wildman–Crippen LogP) is 1.68. The summed E-state index contributed by atoms with van der Waals surface area (Å²) in [6, 6.07) is 14.0. The van der Waals surface area contributed by atoms with Crippen LogP contribution in [0.25, 0.3) is 16.7 Å². The molecule has 0 spiro atoms. The molecule has 0 saturated carbocycles. The number of carbonyl (C=O) groups is 1. The van der Waals surface area contributed by atoms with Gasteiger partial charge in [0.25, 0.3) is 11.5 Å². The van der Waals surface area contributed by atoms with E-state index in [1.807, 2.05) is 6.07 Å². The normalized spacial score (nSPS) is 12.3. The Balaban J connectivity index is 1.48. The number of rotatable bonds is 4. The van der Waals surface area contributed by atoms with Crippen molar-refractivity contribution in [2.45, 2.75) is 6.54 Å². The minimum Gasteiger partial charge on any atom is -0.454 e. The average molecular weight is 418 g/mol. The highest BCUT2D eigenvalue weighted by molar-refractivity contribution is 6.05. The molecule has 0 aliphatic carbocycles. The number of amides is 1. The predicted molar refractivity (Wildman–Crippen MR) is 113 cm³/mol. The second-order valence-electron chi connectivity index (χ2n) is 7.15. The monoisotopic (exact) mass is 418 g/mol. The molecule has 0 fully saturated rings. The summed E-state index contributed by atoms with van der Waals surface area (Å²) in [6.07, 6.45) is 1.53. The second-order valence-corrected chi connectivity index (χ2v) is 7.15. The molecule has 5 rings (SSSR count). The van der Waals surface area contributed by atoms with Crippen LogP contribution >= 0.6 is 0 Å². The van der Waals surface area contributed by atoms with Crippen molar-refractivity contribution in [3.05, 3.63) is 86.7 Å². The molecule has 0 radical (unpaired) electrons. The number of aryl methyl sites for hydroxylation is 1. The summed E-state index contributed by atoms with van der Waals surface area (Å²) in [5, 5.41) is 2.82. The van der Waals surface area contributed by atoms with E-state index in [0.29, 0.717) is 17.2 Å². The Kier molecular flexibility index (Phi) is 4.36. The first-order valence-corrected chi connectivity index (χ1v) is 9.59. The van der Waals surface area contributed by atoms with Gasteiger partial charge in [0.1, 0.15) is 5.52 Å². The molecule has 3 heterocycles. The Morgan fingerprint density at radius 3 is 2.68 bits per heavy atom. The summed E-state index contributed by atoms with van der Waals surface area (Å²) in [6.45, 7) is 0.423. The molecular formula is C22H18N4O5. The van der Waals surface area contributed by atoms with Crippen molar-refractivity contribution in [3.63, 3.8) is 0 Å². The van der Waals surface area contributed by atoms with Gasteiger partial charge in [-0.15, -0.1) is 0 Å². The quantitative estimate of drug-likeness (QED) is 0.524. The molecular weight excluding hydrogens is 400 g/mol. The van der Waals surface area contributed by atoms with Gasteiger partial charge in [0.05, 0.1) is 16.8 Å². The van der Waals surface area contributed by atoms with E-state index >= 15 is 0 Å². The molecule has 156 valence electrons. The van der Waals surface area contributed by atoms with Gasteiger partial charge in [-0.1, -0.05) is 24.3 Å². The number of ether oxygens (including phenoxy) is 2. The zero-order valence-corrected chi connectivity index (χ0v) is 16.5. The van der Waals surface area contributed by atoms with Gasteiger partial charge in [-0.25, -0.2) is 9.36 Å². The zero-order valence-electron chi connectivity index (χ0n) is 16.5. The van der Waals surface area contributed by atoms with Crippen molar-refractivity contribution in [2.75, 3.05) is 6.79 Å². The third-order valence-electron chi connectivity index (χ3n) is 5.17. The van der Waals surface area contributed by atoms with Crippen LogP contribution in [-0.2, 0) is 13.6 Å². The van der Waals surface area contributed by atoms with Crippen LogP contribution in [0.3, 0.4) is 0 Å². The first-order valence-electron chi connectivity index (χ1n) is 9.59. The summed E-state index contributed by atoms with van der Waals surface area (Å²) >= 11 is 0. The Morgan fingerprint density at radius 1 is 1.10 bits per heavy atom. The van der Waals surface area contributed by atoms with E-state index in [9.17, 15) is 14.4 Å². The SMILES string of the molecule is Cn1cc(C(=O)NCc2ccc3c(c2)OCO3)c2[nH]c(=O)n(-c3ccccc3)c(=O)c21. The number of nitrogens with one attached hydrogen (secondary N) is 2. The maximum Gasteiger partial charge on any atom is 0.333 e. The van der Waals surface area contributed by atoms with Gasteiger partial charge in [0.2, 0.25) is 6.79 Å². The fourth-order valence-corrected chi connectivity index (χ4v) is 3.68. The topological polar surface area (TPSA) is 107 Å². The first kappa shape index (κ1) is 18.7. The number of hydrogen-bond donors (Lipinski definition) is 2. The van der Waals surface area contributed by atoms with Crippen LogP contribution in [0.2, 0.25) is 0 Å². The van der Waals surface area contributed by atoms with Gasteiger partial charge in [0, 0.05) is 19.8 Å². The van der Waals surface area contributed by atoms with Gasteiger partial charge < -0.3 is 24.3 Å². The highest BCUT2D eigenvalue weighted by Gasteiger charge is 2.20. The smallest absolute Gasteiger partial charge is 0.333 e. The van der Waals surface area contributed by atoms with Gasteiger partial charge >= 0.3 is 5.69 Å². The Hall–Kier alpha value is -4.27. The lowest BCUT2D eigenvalue weighted by Gasteiger charge is -2.07. The van der Waals surface area contributed by atoms with E-state index in [1.54, 1.807) is 54.1 Å². The molecule has 1 aliphatic rings. The third-order valence-corrected chi connectivity index (χ3v) is 5.17. The fourth-order valence-electron chi connectivity index (χ4n) is 3.68. The van der Waals surface area contributed by atoms with Gasteiger partial charge in [0.15, 0.2) is 11.5 Å². The zero-order chi connectivity index (χ0) is 21.5. The lowest BCUT2D eigenvalue weighted by Crippen LogP contribution is -2.34. The van der Waals surface area contributed by atoms with Crippen molar-refractivity contribution >= 4 is 16.9 Å². The van der Waals surface area contributed by atoms with Crippen molar-refractivity contribution in [3.8, 4) is 17.2 Å². The number of fused-ring (bicyclic) bond motifs is 2. The number of benzene rings is 2. The minimum absolute atomic E-state index is 0.176. The highest BCUT2D eigenvalue weighted by atomic mass is 16.7. The van der Waals surface area contributed by atoms with Crippen LogP contribution in [0.4, 0.5) is 0 Å². The Labute approximate surface area is 175 Å². The Morgan fingerprint density at radius 2 is 1.87 bits per heavy atom. The van der Waals surface area contributed by atoms with Crippen molar-refractivity contribution in [2.24, 2.45) is 7.05 Å². The molecule has 0 saturated heterocycles. The Bertz CT molecular complexity index is 1430. The molecule has 31 heavy (non-hydrogen) atoms. The van der Waals surface area contributed by atoms with Gasteiger partial charge in [-0.2, -0.15) is 0 Å². The van der Waals surface area contributed by atoms with Gasteiger partial charge in [-0.05, 0) is 29.8 Å². The number of nitrogens with zero attached hydrogens (tertiary/aromatic N) is 2.